The Hall–Kier alpha value is -3.71. The molecule has 0 aliphatic carbocycles. The monoisotopic (exact) mass is 505 g/mol. The number of aromatic nitrogens is 2. The van der Waals surface area contributed by atoms with Crippen molar-refractivity contribution in [1.82, 2.24) is 9.97 Å². The number of benzene rings is 2. The number of sulfonamides is 2. The number of nitrogens with zero attached hydrogens (tertiary/aromatic N) is 3. The van der Waals surface area contributed by atoms with Crippen LogP contribution >= 0.6 is 0 Å². The van der Waals surface area contributed by atoms with E-state index in [9.17, 15) is 21.6 Å². The fourth-order valence-corrected chi connectivity index (χ4v) is 4.75. The summed E-state index contributed by atoms with van der Waals surface area (Å²) in [6.07, 6.45) is 2.42. The highest BCUT2D eigenvalue weighted by Crippen LogP contribution is 2.29. The van der Waals surface area contributed by atoms with E-state index in [4.69, 9.17) is 4.74 Å². The molecular weight excluding hydrogens is 482 g/mol. The number of hydrogen-bond acceptors (Lipinski definition) is 8. The minimum Gasteiger partial charge on any atom is -0.495 e. The maximum atomic E-state index is 12.6. The molecule has 3 aromatic rings. The molecule has 1 amide bonds. The first-order valence-electron chi connectivity index (χ1n) is 9.83. The standard InChI is InChI=1S/C21H23N5O6S2/c1-15-12-13-22-21(23-15)25-34(30,31)17-10-8-16(9-11-17)24-20(27)14-26(33(3,28)29)18-6-4-5-7-19(18)32-2/h4-13H,14H2,1-3H3,(H,24,27)(H,22,23,25). The van der Waals surface area contributed by atoms with E-state index in [0.717, 1.165) is 10.6 Å². The highest BCUT2D eigenvalue weighted by Gasteiger charge is 2.24. The summed E-state index contributed by atoms with van der Waals surface area (Å²) in [6.45, 7) is 1.20. The minimum absolute atomic E-state index is 0.0606. The number of anilines is 3. The lowest BCUT2D eigenvalue weighted by Crippen LogP contribution is -2.37. The molecule has 0 bridgehead atoms. The zero-order valence-electron chi connectivity index (χ0n) is 18.6. The molecule has 0 aliphatic heterocycles. The van der Waals surface area contributed by atoms with Gasteiger partial charge in [0.15, 0.2) is 0 Å². The molecule has 2 N–H and O–H groups in total. The normalized spacial score (nSPS) is 11.5. The van der Waals surface area contributed by atoms with Crippen molar-refractivity contribution in [3.8, 4) is 5.75 Å². The highest BCUT2D eigenvalue weighted by molar-refractivity contribution is 7.92. The fourth-order valence-electron chi connectivity index (χ4n) is 2.94. The van der Waals surface area contributed by atoms with Crippen LogP contribution in [0.15, 0.2) is 65.7 Å². The second kappa shape index (κ2) is 10.1. The maximum absolute atomic E-state index is 12.6. The van der Waals surface area contributed by atoms with Crippen LogP contribution < -0.4 is 19.1 Å². The van der Waals surface area contributed by atoms with Crippen LogP contribution in [0.2, 0.25) is 0 Å². The zero-order chi connectivity index (χ0) is 24.9. The first-order chi connectivity index (χ1) is 16.0. The van der Waals surface area contributed by atoms with Crippen molar-refractivity contribution in [1.29, 1.82) is 0 Å². The number of nitrogens with one attached hydrogen (secondary N) is 2. The lowest BCUT2D eigenvalue weighted by Gasteiger charge is -2.23. The van der Waals surface area contributed by atoms with Gasteiger partial charge in [-0.25, -0.2) is 31.5 Å². The molecule has 0 saturated heterocycles. The topological polar surface area (TPSA) is 148 Å². The largest absolute Gasteiger partial charge is 0.495 e. The van der Waals surface area contributed by atoms with E-state index in [1.807, 2.05) is 0 Å². The van der Waals surface area contributed by atoms with E-state index in [2.05, 4.69) is 20.0 Å². The lowest BCUT2D eigenvalue weighted by molar-refractivity contribution is -0.114. The SMILES string of the molecule is COc1ccccc1N(CC(=O)Nc1ccc(S(=O)(=O)Nc2nccc(C)n2)cc1)S(C)(=O)=O. The van der Waals surface area contributed by atoms with E-state index in [-0.39, 0.29) is 22.2 Å². The van der Waals surface area contributed by atoms with Crippen LogP contribution in [-0.4, -0.2) is 52.6 Å². The molecule has 180 valence electrons. The summed E-state index contributed by atoms with van der Waals surface area (Å²) in [5, 5.41) is 2.56. The molecule has 3 rings (SSSR count). The molecule has 0 unspecified atom stereocenters. The highest BCUT2D eigenvalue weighted by atomic mass is 32.2. The third-order valence-electron chi connectivity index (χ3n) is 4.51. The number of rotatable bonds is 9. The molecule has 0 fully saturated rings. The van der Waals surface area contributed by atoms with Gasteiger partial charge in [0.05, 0.1) is 23.9 Å². The quantitative estimate of drug-likeness (QED) is 0.449. The van der Waals surface area contributed by atoms with E-state index < -0.39 is 32.5 Å². The van der Waals surface area contributed by atoms with Crippen LogP contribution in [0.3, 0.4) is 0 Å². The third-order valence-corrected chi connectivity index (χ3v) is 6.98. The Bertz CT molecular complexity index is 1390. The van der Waals surface area contributed by atoms with Crippen molar-refractivity contribution in [3.63, 3.8) is 0 Å². The molecule has 11 nitrogen and oxygen atoms in total. The smallest absolute Gasteiger partial charge is 0.264 e. The summed E-state index contributed by atoms with van der Waals surface area (Å²) in [4.78, 5) is 20.4. The average Bonchev–Trinajstić information content (AvgIpc) is 2.77. The predicted octanol–water partition coefficient (Wildman–Crippen LogP) is 2.00. The summed E-state index contributed by atoms with van der Waals surface area (Å²) >= 11 is 0. The average molecular weight is 506 g/mol. The Kier molecular flexibility index (Phi) is 7.37. The molecule has 0 spiro atoms. The Balaban J connectivity index is 1.73. The van der Waals surface area contributed by atoms with Gasteiger partial charge in [0, 0.05) is 17.6 Å². The van der Waals surface area contributed by atoms with Gasteiger partial charge in [-0.1, -0.05) is 12.1 Å². The van der Waals surface area contributed by atoms with Crippen LogP contribution in [0.1, 0.15) is 5.69 Å². The van der Waals surface area contributed by atoms with E-state index in [1.54, 1.807) is 31.2 Å². The summed E-state index contributed by atoms with van der Waals surface area (Å²) in [5.74, 6) is -0.395. The fraction of sp³-hybridized carbons (Fsp3) is 0.190. The number of amides is 1. The number of hydrogen-bond donors (Lipinski definition) is 2. The van der Waals surface area contributed by atoms with Crippen LogP contribution in [0.25, 0.3) is 0 Å². The molecule has 2 aromatic carbocycles. The van der Waals surface area contributed by atoms with Gasteiger partial charge in [0.25, 0.3) is 10.0 Å². The van der Waals surface area contributed by atoms with Gasteiger partial charge in [-0.05, 0) is 49.4 Å². The van der Waals surface area contributed by atoms with Crippen molar-refractivity contribution in [2.24, 2.45) is 0 Å². The Morgan fingerprint density at radius 1 is 1.03 bits per heavy atom. The number of para-hydroxylation sites is 2. The van der Waals surface area contributed by atoms with Crippen molar-refractivity contribution >= 4 is 43.3 Å². The van der Waals surface area contributed by atoms with Gasteiger partial charge < -0.3 is 10.1 Å². The van der Waals surface area contributed by atoms with Gasteiger partial charge in [0.1, 0.15) is 12.3 Å². The van der Waals surface area contributed by atoms with Gasteiger partial charge >= 0.3 is 0 Å². The Labute approximate surface area is 197 Å². The molecule has 34 heavy (non-hydrogen) atoms. The zero-order valence-corrected chi connectivity index (χ0v) is 20.2. The second-order valence-corrected chi connectivity index (χ2v) is 10.7. The van der Waals surface area contributed by atoms with Crippen LogP contribution in [0.5, 0.6) is 5.75 Å². The molecule has 1 aromatic heterocycles. The summed E-state index contributed by atoms with van der Waals surface area (Å²) in [5.41, 5.74) is 1.10. The van der Waals surface area contributed by atoms with Crippen molar-refractivity contribution in [3.05, 3.63) is 66.5 Å². The van der Waals surface area contributed by atoms with Crippen LogP contribution in [0.4, 0.5) is 17.3 Å². The van der Waals surface area contributed by atoms with Crippen molar-refractivity contribution < 1.29 is 26.4 Å². The molecule has 0 aliphatic rings. The summed E-state index contributed by atoms with van der Waals surface area (Å²) in [7, 11) is -6.35. The minimum atomic E-state index is -3.95. The van der Waals surface area contributed by atoms with Gasteiger partial charge in [0.2, 0.25) is 21.9 Å². The molecule has 13 heteroatoms. The van der Waals surface area contributed by atoms with E-state index in [0.29, 0.717) is 11.4 Å². The first-order valence-corrected chi connectivity index (χ1v) is 13.2. The number of carbonyl (C=O) groups is 1. The maximum Gasteiger partial charge on any atom is 0.264 e. The second-order valence-electron chi connectivity index (χ2n) is 7.14. The van der Waals surface area contributed by atoms with Crippen LogP contribution in [-0.2, 0) is 24.8 Å². The molecule has 0 saturated carbocycles. The van der Waals surface area contributed by atoms with E-state index in [1.165, 1.54) is 43.6 Å². The van der Waals surface area contributed by atoms with Crippen molar-refractivity contribution in [2.45, 2.75) is 11.8 Å². The van der Waals surface area contributed by atoms with Crippen molar-refractivity contribution in [2.75, 3.05) is 34.3 Å². The predicted molar refractivity (Wildman–Crippen MR) is 128 cm³/mol. The number of aryl methyl sites for hydroxylation is 1. The molecule has 0 atom stereocenters. The first kappa shape index (κ1) is 24.9. The number of carbonyl (C=O) groups excluding carboxylic acids is 1. The molecular formula is C21H23N5O6S2. The number of ether oxygens (including phenoxy) is 1. The molecule has 1 heterocycles. The van der Waals surface area contributed by atoms with Gasteiger partial charge in [-0.3, -0.25) is 9.10 Å². The molecule has 0 radical (unpaired) electrons. The summed E-state index contributed by atoms with van der Waals surface area (Å²) in [6, 6.07) is 13.4. The number of methoxy groups -OCH3 is 1. The third kappa shape index (κ3) is 6.20. The summed E-state index contributed by atoms with van der Waals surface area (Å²) < 4.78 is 58.2. The Morgan fingerprint density at radius 2 is 1.71 bits per heavy atom. The van der Waals surface area contributed by atoms with Crippen LogP contribution in [0, 0.1) is 6.92 Å². The van der Waals surface area contributed by atoms with Gasteiger partial charge in [-0.15, -0.1) is 0 Å². The lowest BCUT2D eigenvalue weighted by atomic mass is 10.3. The van der Waals surface area contributed by atoms with Gasteiger partial charge in [-0.2, -0.15) is 0 Å². The Morgan fingerprint density at radius 3 is 2.32 bits per heavy atom. The van der Waals surface area contributed by atoms with E-state index >= 15 is 0 Å².